The van der Waals surface area contributed by atoms with Crippen LogP contribution >= 0.6 is 0 Å². The smallest absolute Gasteiger partial charge is 0.315 e. The molecular weight excluding hydrogens is 354 g/mol. The lowest BCUT2D eigenvalue weighted by Gasteiger charge is -2.41. The fraction of sp³-hybridized carbons (Fsp3) is 0.353. The van der Waals surface area contributed by atoms with Gasteiger partial charge in [0.15, 0.2) is 0 Å². The highest BCUT2D eigenvalue weighted by atomic mass is 32.2. The number of nitriles is 1. The fourth-order valence-corrected chi connectivity index (χ4v) is 4.36. The third kappa shape index (κ3) is 2.58. The van der Waals surface area contributed by atoms with Gasteiger partial charge in [0.2, 0.25) is 10.0 Å². The van der Waals surface area contributed by atoms with Crippen LogP contribution in [0.4, 0.5) is 10.5 Å². The molecule has 1 atom stereocenters. The van der Waals surface area contributed by atoms with Gasteiger partial charge in [-0.05, 0) is 0 Å². The molecule has 2 saturated heterocycles. The summed E-state index contributed by atoms with van der Waals surface area (Å²) in [4.78, 5) is 20.3. The predicted octanol–water partition coefficient (Wildman–Crippen LogP) is 1.01. The number of amides is 2. The molecule has 8 nitrogen and oxygen atoms in total. The van der Waals surface area contributed by atoms with E-state index >= 15 is 0 Å². The molecule has 0 N–H and O–H groups in total. The Bertz CT molecular complexity index is 1020. The van der Waals surface area contributed by atoms with E-state index in [1.807, 2.05) is 24.3 Å². The molecule has 134 valence electrons. The number of hydrogen-bond acceptors (Lipinski definition) is 5. The molecule has 1 aromatic heterocycles. The van der Waals surface area contributed by atoms with Crippen LogP contribution in [0.15, 0.2) is 36.7 Å². The van der Waals surface area contributed by atoms with Crippen molar-refractivity contribution < 1.29 is 13.2 Å². The summed E-state index contributed by atoms with van der Waals surface area (Å²) in [5, 5.41) is 11.3. The Labute approximate surface area is 151 Å². The van der Waals surface area contributed by atoms with E-state index in [-0.39, 0.29) is 31.7 Å². The molecule has 1 aromatic carbocycles. The normalized spacial score (nSPS) is 21.8. The number of nitrogens with zero attached hydrogens (tertiary/aromatic N) is 5. The van der Waals surface area contributed by atoms with Crippen LogP contribution in [-0.2, 0) is 10.0 Å². The van der Waals surface area contributed by atoms with Crippen LogP contribution in [0.1, 0.15) is 0 Å². The van der Waals surface area contributed by atoms with Gasteiger partial charge in [-0.1, -0.05) is 24.3 Å². The maximum Gasteiger partial charge on any atom is 0.326 e. The number of hydrogen-bond donors (Lipinski definition) is 0. The largest absolute Gasteiger partial charge is 0.326 e. The number of urea groups is 1. The summed E-state index contributed by atoms with van der Waals surface area (Å²) in [6.07, 6.45) is 4.47. The van der Waals surface area contributed by atoms with Crippen LogP contribution in [0.25, 0.3) is 10.8 Å². The van der Waals surface area contributed by atoms with Crippen molar-refractivity contribution in [3.63, 3.8) is 0 Å². The summed E-state index contributed by atoms with van der Waals surface area (Å²) in [7, 11) is -3.25. The highest BCUT2D eigenvalue weighted by Crippen LogP contribution is 2.33. The van der Waals surface area contributed by atoms with Crippen molar-refractivity contribution in [2.45, 2.75) is 12.1 Å². The number of sulfonamides is 1. The van der Waals surface area contributed by atoms with Crippen LogP contribution in [0.3, 0.4) is 0 Å². The van der Waals surface area contributed by atoms with Crippen LogP contribution in [0.2, 0.25) is 0 Å². The SMILES string of the molecule is CS(=O)(=O)N1CC(N2C[C@@H](C#N)N(c3cncc4ccccc34)C2=O)C1. The number of benzene rings is 1. The van der Waals surface area contributed by atoms with E-state index in [9.17, 15) is 18.5 Å². The Balaban J connectivity index is 1.65. The molecule has 2 aliphatic heterocycles. The molecule has 2 fully saturated rings. The molecule has 26 heavy (non-hydrogen) atoms. The number of fused-ring (bicyclic) bond motifs is 1. The zero-order valence-corrected chi connectivity index (χ0v) is 14.9. The van der Waals surface area contributed by atoms with Crippen LogP contribution in [-0.4, -0.2) is 66.6 Å². The molecule has 9 heteroatoms. The average Bonchev–Trinajstić information content (AvgIpc) is 2.88. The van der Waals surface area contributed by atoms with E-state index in [0.29, 0.717) is 5.69 Å². The first-order valence-corrected chi connectivity index (χ1v) is 10.0. The van der Waals surface area contributed by atoms with Crippen LogP contribution < -0.4 is 4.90 Å². The Morgan fingerprint density at radius 2 is 1.92 bits per heavy atom. The van der Waals surface area contributed by atoms with E-state index in [0.717, 1.165) is 17.0 Å². The van der Waals surface area contributed by atoms with Gasteiger partial charge in [0, 0.05) is 30.1 Å². The Morgan fingerprint density at radius 3 is 2.62 bits per heavy atom. The van der Waals surface area contributed by atoms with E-state index in [2.05, 4.69) is 11.1 Å². The molecule has 0 unspecified atom stereocenters. The quantitative estimate of drug-likeness (QED) is 0.802. The summed E-state index contributed by atoms with van der Waals surface area (Å²) >= 11 is 0. The Hall–Kier alpha value is -2.70. The lowest BCUT2D eigenvalue weighted by molar-refractivity contribution is 0.125. The van der Waals surface area contributed by atoms with Gasteiger partial charge in [-0.2, -0.15) is 9.57 Å². The minimum absolute atomic E-state index is 0.207. The topological polar surface area (TPSA) is 97.6 Å². The summed E-state index contributed by atoms with van der Waals surface area (Å²) in [6, 6.07) is 8.62. The van der Waals surface area contributed by atoms with E-state index in [1.54, 1.807) is 17.3 Å². The van der Waals surface area contributed by atoms with Crippen molar-refractivity contribution >= 4 is 32.5 Å². The maximum atomic E-state index is 13.0. The van der Waals surface area contributed by atoms with Crippen molar-refractivity contribution in [1.29, 1.82) is 5.26 Å². The van der Waals surface area contributed by atoms with Crippen molar-refractivity contribution in [1.82, 2.24) is 14.2 Å². The fourth-order valence-electron chi connectivity index (χ4n) is 3.47. The van der Waals surface area contributed by atoms with Crippen LogP contribution in [0.5, 0.6) is 0 Å². The number of rotatable bonds is 3. The lowest BCUT2D eigenvalue weighted by Crippen LogP contribution is -2.61. The number of aromatic nitrogens is 1. The number of anilines is 1. The molecule has 0 aliphatic carbocycles. The van der Waals surface area contributed by atoms with Crippen LogP contribution in [0, 0.1) is 11.3 Å². The van der Waals surface area contributed by atoms with Gasteiger partial charge in [0.05, 0.1) is 36.8 Å². The van der Waals surface area contributed by atoms with Gasteiger partial charge in [-0.3, -0.25) is 9.88 Å². The van der Waals surface area contributed by atoms with E-state index in [4.69, 9.17) is 0 Å². The Kier molecular flexibility index (Phi) is 3.82. The molecular formula is C17H17N5O3S. The first-order valence-electron chi connectivity index (χ1n) is 8.17. The monoisotopic (exact) mass is 371 g/mol. The third-order valence-electron chi connectivity index (χ3n) is 4.93. The number of pyridine rings is 1. The van der Waals surface area contributed by atoms with Gasteiger partial charge in [0.1, 0.15) is 6.04 Å². The number of carbonyl (C=O) groups is 1. The molecule has 2 aromatic rings. The molecule has 0 saturated carbocycles. The van der Waals surface area contributed by atoms with Crippen molar-refractivity contribution in [2.24, 2.45) is 0 Å². The van der Waals surface area contributed by atoms with Crippen molar-refractivity contribution in [2.75, 3.05) is 30.8 Å². The summed E-state index contributed by atoms with van der Waals surface area (Å²) in [5.74, 6) is 0. The van der Waals surface area contributed by atoms with E-state index in [1.165, 1.54) is 9.21 Å². The second kappa shape index (κ2) is 5.93. The lowest BCUT2D eigenvalue weighted by atomic mass is 10.1. The summed E-state index contributed by atoms with van der Waals surface area (Å²) in [5.41, 5.74) is 0.599. The molecule has 2 amide bonds. The highest BCUT2D eigenvalue weighted by Gasteiger charge is 2.47. The van der Waals surface area contributed by atoms with Gasteiger partial charge in [-0.15, -0.1) is 0 Å². The minimum Gasteiger partial charge on any atom is -0.315 e. The third-order valence-corrected chi connectivity index (χ3v) is 6.16. The zero-order valence-electron chi connectivity index (χ0n) is 14.1. The molecule has 0 spiro atoms. The first kappa shape index (κ1) is 16.8. The molecule has 2 aliphatic rings. The van der Waals surface area contributed by atoms with Crippen molar-refractivity contribution in [3.05, 3.63) is 36.7 Å². The van der Waals surface area contributed by atoms with Crippen molar-refractivity contribution in [3.8, 4) is 6.07 Å². The standard InChI is InChI=1S/C17H17N5O3S/c1-26(24,25)20-9-14(10-20)21-11-13(6-18)22(17(21)23)16-8-19-7-12-4-2-3-5-15(12)16/h2-5,7-8,13-14H,9-11H2,1H3/t13-/m1/s1. The highest BCUT2D eigenvalue weighted by molar-refractivity contribution is 7.88. The molecule has 4 rings (SSSR count). The number of carbonyl (C=O) groups excluding carboxylic acids is 1. The molecule has 3 heterocycles. The summed E-state index contributed by atoms with van der Waals surface area (Å²) in [6.45, 7) is 0.787. The predicted molar refractivity (Wildman–Crippen MR) is 95.9 cm³/mol. The Morgan fingerprint density at radius 1 is 1.19 bits per heavy atom. The first-order chi connectivity index (χ1) is 12.4. The van der Waals surface area contributed by atoms with Gasteiger partial charge in [-0.25, -0.2) is 13.2 Å². The molecule has 0 bridgehead atoms. The molecule has 0 radical (unpaired) electrons. The second-order valence-electron chi connectivity index (χ2n) is 6.56. The zero-order chi connectivity index (χ0) is 18.5. The van der Waals surface area contributed by atoms with E-state index < -0.39 is 16.1 Å². The van der Waals surface area contributed by atoms with Gasteiger partial charge < -0.3 is 4.90 Å². The minimum atomic E-state index is -3.25. The maximum absolute atomic E-state index is 13.0. The van der Waals surface area contributed by atoms with Gasteiger partial charge in [0.25, 0.3) is 0 Å². The van der Waals surface area contributed by atoms with Gasteiger partial charge >= 0.3 is 6.03 Å². The summed E-state index contributed by atoms with van der Waals surface area (Å²) < 4.78 is 24.4. The second-order valence-corrected chi connectivity index (χ2v) is 8.55. The average molecular weight is 371 g/mol.